The predicted octanol–water partition coefficient (Wildman–Crippen LogP) is 3.77. The van der Waals surface area contributed by atoms with Gasteiger partial charge in [0.05, 0.1) is 32.2 Å². The molecule has 1 N–H and O–H groups in total. The van der Waals surface area contributed by atoms with Gasteiger partial charge in [-0.2, -0.15) is 0 Å². The Bertz CT molecular complexity index is 645. The van der Waals surface area contributed by atoms with Gasteiger partial charge in [-0.15, -0.1) is 10.2 Å². The summed E-state index contributed by atoms with van der Waals surface area (Å²) in [7, 11) is 3.01. The third-order valence-electron chi connectivity index (χ3n) is 2.65. The first-order chi connectivity index (χ1) is 10.2. The summed E-state index contributed by atoms with van der Waals surface area (Å²) in [5.74, 6) is 1.07. The number of aliphatic hydroxyl groups is 1. The summed E-state index contributed by atoms with van der Waals surface area (Å²) in [4.78, 5) is 4.18. The third kappa shape index (κ3) is 3.77. The van der Waals surface area contributed by atoms with Crippen LogP contribution < -0.4 is 9.47 Å². The van der Waals surface area contributed by atoms with Crippen LogP contribution in [-0.2, 0) is 6.61 Å². The highest BCUT2D eigenvalue weighted by Crippen LogP contribution is 2.37. The summed E-state index contributed by atoms with van der Waals surface area (Å²) in [6.45, 7) is -0.221. The number of azo groups is 1. The molecule has 0 amide bonds. The molecule has 110 valence electrons. The van der Waals surface area contributed by atoms with Gasteiger partial charge in [-0.1, -0.05) is 15.9 Å². The van der Waals surface area contributed by atoms with Gasteiger partial charge in [0, 0.05) is 10.5 Å². The molecule has 0 aliphatic heterocycles. The highest BCUT2D eigenvalue weighted by molar-refractivity contribution is 9.10. The highest BCUT2D eigenvalue weighted by Gasteiger charge is 2.13. The Kier molecular flexibility index (Phi) is 5.24. The molecule has 7 heteroatoms. The monoisotopic (exact) mass is 351 g/mol. The van der Waals surface area contributed by atoms with Gasteiger partial charge in [0.1, 0.15) is 0 Å². The number of methoxy groups -OCH3 is 2. The van der Waals surface area contributed by atoms with Crippen molar-refractivity contribution in [2.45, 2.75) is 6.61 Å². The zero-order chi connectivity index (χ0) is 15.2. The van der Waals surface area contributed by atoms with Crippen molar-refractivity contribution in [2.24, 2.45) is 10.2 Å². The number of aliphatic hydroxyl groups excluding tert-OH is 1. The van der Waals surface area contributed by atoms with Gasteiger partial charge in [-0.25, -0.2) is 4.98 Å². The fraction of sp³-hybridized carbons (Fsp3) is 0.214. The number of hydrogen-bond acceptors (Lipinski definition) is 6. The SMILES string of the molecule is COc1cc(CO)nc(N=Nc2ccc(Br)cc2)c1OC. The van der Waals surface area contributed by atoms with E-state index in [1.807, 2.05) is 24.3 Å². The van der Waals surface area contributed by atoms with Crippen molar-refractivity contribution < 1.29 is 14.6 Å². The van der Waals surface area contributed by atoms with Crippen LogP contribution in [0.2, 0.25) is 0 Å². The molecule has 1 heterocycles. The van der Waals surface area contributed by atoms with Gasteiger partial charge in [0.25, 0.3) is 0 Å². The molecule has 0 saturated heterocycles. The molecular formula is C14H14BrN3O3. The second-order valence-corrected chi connectivity index (χ2v) is 4.92. The largest absolute Gasteiger partial charge is 0.493 e. The molecular weight excluding hydrogens is 338 g/mol. The Balaban J connectivity index is 2.39. The Labute approximate surface area is 130 Å². The zero-order valence-corrected chi connectivity index (χ0v) is 13.2. The summed E-state index contributed by atoms with van der Waals surface area (Å²) in [6, 6.07) is 8.95. The van der Waals surface area contributed by atoms with Crippen LogP contribution in [0, 0.1) is 0 Å². The van der Waals surface area contributed by atoms with Gasteiger partial charge in [-0.05, 0) is 24.3 Å². The Morgan fingerprint density at radius 1 is 1.14 bits per heavy atom. The van der Waals surface area contributed by atoms with E-state index in [1.54, 1.807) is 6.07 Å². The van der Waals surface area contributed by atoms with E-state index in [1.165, 1.54) is 14.2 Å². The molecule has 0 aliphatic carbocycles. The van der Waals surface area contributed by atoms with Gasteiger partial charge in [0.15, 0.2) is 5.75 Å². The molecule has 0 radical (unpaired) electrons. The minimum absolute atomic E-state index is 0.221. The lowest BCUT2D eigenvalue weighted by Gasteiger charge is -2.10. The van der Waals surface area contributed by atoms with Crippen LogP contribution in [0.5, 0.6) is 11.5 Å². The lowest BCUT2D eigenvalue weighted by Crippen LogP contribution is -1.96. The van der Waals surface area contributed by atoms with Crippen LogP contribution in [0.1, 0.15) is 5.69 Å². The summed E-state index contributed by atoms with van der Waals surface area (Å²) in [5, 5.41) is 17.4. The predicted molar refractivity (Wildman–Crippen MR) is 81.6 cm³/mol. The van der Waals surface area contributed by atoms with Crippen molar-refractivity contribution in [1.29, 1.82) is 0 Å². The van der Waals surface area contributed by atoms with E-state index in [0.717, 1.165) is 4.47 Å². The van der Waals surface area contributed by atoms with Crippen molar-refractivity contribution in [2.75, 3.05) is 14.2 Å². The first kappa shape index (κ1) is 15.4. The van der Waals surface area contributed by atoms with Crippen molar-refractivity contribution in [3.8, 4) is 11.5 Å². The number of ether oxygens (including phenoxy) is 2. The van der Waals surface area contributed by atoms with Crippen molar-refractivity contribution in [1.82, 2.24) is 4.98 Å². The summed E-state index contributed by atoms with van der Waals surface area (Å²) < 4.78 is 11.4. The van der Waals surface area contributed by atoms with Gasteiger partial charge < -0.3 is 14.6 Å². The zero-order valence-electron chi connectivity index (χ0n) is 11.6. The first-order valence-corrected chi connectivity index (χ1v) is 6.87. The Hall–Kier alpha value is -1.99. The quantitative estimate of drug-likeness (QED) is 0.831. The van der Waals surface area contributed by atoms with Crippen LogP contribution in [0.3, 0.4) is 0 Å². The molecule has 0 aliphatic rings. The maximum absolute atomic E-state index is 9.23. The lowest BCUT2D eigenvalue weighted by atomic mass is 10.3. The molecule has 0 spiro atoms. The Morgan fingerprint density at radius 3 is 2.43 bits per heavy atom. The molecule has 1 aromatic heterocycles. The average Bonchev–Trinajstić information content (AvgIpc) is 2.53. The van der Waals surface area contributed by atoms with Gasteiger partial charge in [0.2, 0.25) is 11.6 Å². The Morgan fingerprint density at radius 2 is 1.86 bits per heavy atom. The van der Waals surface area contributed by atoms with Crippen LogP contribution >= 0.6 is 15.9 Å². The summed E-state index contributed by atoms with van der Waals surface area (Å²) >= 11 is 3.35. The normalized spacial score (nSPS) is 10.9. The first-order valence-electron chi connectivity index (χ1n) is 6.08. The van der Waals surface area contributed by atoms with E-state index in [-0.39, 0.29) is 12.4 Å². The molecule has 6 nitrogen and oxygen atoms in total. The molecule has 1 aromatic carbocycles. The molecule has 0 atom stereocenters. The smallest absolute Gasteiger partial charge is 0.221 e. The van der Waals surface area contributed by atoms with E-state index in [0.29, 0.717) is 22.9 Å². The lowest BCUT2D eigenvalue weighted by molar-refractivity contribution is 0.275. The summed E-state index contributed by atoms with van der Waals surface area (Å²) in [5.41, 5.74) is 1.10. The molecule has 0 saturated carbocycles. The van der Waals surface area contributed by atoms with Gasteiger partial charge >= 0.3 is 0 Å². The second-order valence-electron chi connectivity index (χ2n) is 4.01. The minimum Gasteiger partial charge on any atom is -0.493 e. The number of aromatic nitrogens is 1. The number of hydrogen-bond donors (Lipinski definition) is 1. The van der Waals surface area contributed by atoms with E-state index >= 15 is 0 Å². The van der Waals surface area contributed by atoms with E-state index in [9.17, 15) is 5.11 Å². The fourth-order valence-electron chi connectivity index (χ4n) is 1.65. The standard InChI is InChI=1S/C14H14BrN3O3/c1-20-12-7-11(8-19)16-14(13(12)21-2)18-17-10-5-3-9(15)4-6-10/h3-7,19H,8H2,1-2H3. The number of rotatable bonds is 5. The minimum atomic E-state index is -0.221. The number of nitrogens with zero attached hydrogens (tertiary/aromatic N) is 3. The average molecular weight is 352 g/mol. The van der Waals surface area contributed by atoms with Crippen LogP contribution in [-0.4, -0.2) is 24.3 Å². The summed E-state index contributed by atoms with van der Waals surface area (Å²) in [6.07, 6.45) is 0. The maximum Gasteiger partial charge on any atom is 0.221 e. The van der Waals surface area contributed by atoms with Crippen molar-refractivity contribution in [3.05, 3.63) is 40.5 Å². The van der Waals surface area contributed by atoms with E-state index < -0.39 is 0 Å². The van der Waals surface area contributed by atoms with Crippen LogP contribution in [0.4, 0.5) is 11.5 Å². The topological polar surface area (TPSA) is 76.3 Å². The molecule has 0 bridgehead atoms. The number of halogens is 1. The van der Waals surface area contributed by atoms with Gasteiger partial charge in [-0.3, -0.25) is 0 Å². The molecule has 2 rings (SSSR count). The molecule has 0 unspecified atom stereocenters. The van der Waals surface area contributed by atoms with Crippen molar-refractivity contribution in [3.63, 3.8) is 0 Å². The number of pyridine rings is 1. The maximum atomic E-state index is 9.23. The highest BCUT2D eigenvalue weighted by atomic mass is 79.9. The third-order valence-corrected chi connectivity index (χ3v) is 3.18. The molecule has 21 heavy (non-hydrogen) atoms. The second kappa shape index (κ2) is 7.14. The van der Waals surface area contributed by atoms with E-state index in [4.69, 9.17) is 9.47 Å². The van der Waals surface area contributed by atoms with Crippen LogP contribution in [0.25, 0.3) is 0 Å². The van der Waals surface area contributed by atoms with E-state index in [2.05, 4.69) is 31.1 Å². The molecule has 2 aromatic rings. The number of benzene rings is 1. The van der Waals surface area contributed by atoms with Crippen LogP contribution in [0.15, 0.2) is 45.0 Å². The van der Waals surface area contributed by atoms with Crippen molar-refractivity contribution >= 4 is 27.4 Å². The molecule has 0 fully saturated rings. The fourth-order valence-corrected chi connectivity index (χ4v) is 1.92.